The number of benzene rings is 1. The molecule has 1 aromatic heterocycles. The van der Waals surface area contributed by atoms with Gasteiger partial charge in [0.2, 0.25) is 0 Å². The lowest BCUT2D eigenvalue weighted by Crippen LogP contribution is -2.52. The van der Waals surface area contributed by atoms with E-state index < -0.39 is 17.8 Å². The van der Waals surface area contributed by atoms with Crippen LogP contribution in [-0.4, -0.2) is 34.4 Å². The van der Waals surface area contributed by atoms with Crippen molar-refractivity contribution >= 4 is 23.9 Å². The molecule has 134 valence electrons. The number of imide groups is 2. The van der Waals surface area contributed by atoms with Gasteiger partial charge in [-0.25, -0.2) is 4.79 Å². The van der Waals surface area contributed by atoms with Gasteiger partial charge in [0.1, 0.15) is 5.57 Å². The van der Waals surface area contributed by atoms with E-state index in [0.29, 0.717) is 0 Å². The number of hydrogen-bond acceptors (Lipinski definition) is 3. The molecule has 0 spiro atoms. The molecule has 0 radical (unpaired) electrons. The molecule has 3 rings (SSSR count). The van der Waals surface area contributed by atoms with Crippen molar-refractivity contribution in [2.24, 2.45) is 0 Å². The second-order valence-electron chi connectivity index (χ2n) is 6.69. The zero-order valence-electron chi connectivity index (χ0n) is 15.5. The van der Waals surface area contributed by atoms with Gasteiger partial charge in [-0.1, -0.05) is 6.07 Å². The summed E-state index contributed by atoms with van der Waals surface area (Å²) < 4.78 is 2.09. The average Bonchev–Trinajstić information content (AvgIpc) is 2.82. The van der Waals surface area contributed by atoms with Crippen LogP contribution in [0.3, 0.4) is 0 Å². The minimum Gasteiger partial charge on any atom is -0.318 e. The van der Waals surface area contributed by atoms with E-state index >= 15 is 0 Å². The van der Waals surface area contributed by atoms with Crippen LogP contribution in [0.4, 0.5) is 4.79 Å². The Balaban J connectivity index is 2.10. The molecule has 2 heterocycles. The number of amides is 4. The summed E-state index contributed by atoms with van der Waals surface area (Å²) in [5.41, 5.74) is 5.99. The number of nitrogens with zero attached hydrogens (tertiary/aromatic N) is 2. The Morgan fingerprint density at radius 1 is 0.923 bits per heavy atom. The summed E-state index contributed by atoms with van der Waals surface area (Å²) in [6.07, 6.45) is 1.54. The number of barbiturate groups is 1. The van der Waals surface area contributed by atoms with Crippen LogP contribution in [0.2, 0.25) is 0 Å². The fraction of sp³-hybridized carbons (Fsp3) is 0.250. The Morgan fingerprint density at radius 3 is 2.15 bits per heavy atom. The quantitative estimate of drug-likeness (QED) is 0.668. The third-order valence-electron chi connectivity index (χ3n) is 4.54. The smallest absolute Gasteiger partial charge is 0.318 e. The Bertz CT molecular complexity index is 962. The molecule has 4 amide bonds. The standard InChI is InChI=1S/C20H21N3O3/c1-11-6-12(2)8-16(7-11)23-13(3)9-15(14(23)4)10-17-18(24)21-20(26)22(5)19(17)25/h6-10H,1-5H3,(H,21,24,26)/b17-10+. The number of nitrogens with one attached hydrogen (secondary N) is 1. The highest BCUT2D eigenvalue weighted by atomic mass is 16.2. The summed E-state index contributed by atoms with van der Waals surface area (Å²) in [5.74, 6) is -1.27. The number of aryl methyl sites for hydroxylation is 3. The van der Waals surface area contributed by atoms with Gasteiger partial charge in [0.15, 0.2) is 0 Å². The van der Waals surface area contributed by atoms with Gasteiger partial charge < -0.3 is 4.57 Å². The molecule has 0 unspecified atom stereocenters. The van der Waals surface area contributed by atoms with Crippen molar-refractivity contribution in [1.29, 1.82) is 0 Å². The molecule has 1 fully saturated rings. The SMILES string of the molecule is Cc1cc(C)cc(-n2c(C)cc(/C=C3\C(=O)NC(=O)N(C)C3=O)c2C)c1. The molecule has 0 atom stereocenters. The van der Waals surface area contributed by atoms with Gasteiger partial charge in [0, 0.05) is 24.1 Å². The van der Waals surface area contributed by atoms with Gasteiger partial charge >= 0.3 is 6.03 Å². The van der Waals surface area contributed by atoms with E-state index in [1.807, 2.05) is 33.8 Å². The molecule has 0 saturated carbocycles. The average molecular weight is 351 g/mol. The van der Waals surface area contributed by atoms with Gasteiger partial charge in [0.25, 0.3) is 11.8 Å². The first kappa shape index (κ1) is 17.7. The minimum absolute atomic E-state index is 0.0484. The van der Waals surface area contributed by atoms with E-state index in [1.165, 1.54) is 7.05 Å². The van der Waals surface area contributed by atoms with Crippen LogP contribution < -0.4 is 5.32 Å². The number of carbonyl (C=O) groups excluding carboxylic acids is 3. The maximum atomic E-state index is 12.3. The highest BCUT2D eigenvalue weighted by molar-refractivity contribution is 6.30. The van der Waals surface area contributed by atoms with Gasteiger partial charge in [-0.2, -0.15) is 0 Å². The fourth-order valence-electron chi connectivity index (χ4n) is 3.31. The molecular weight excluding hydrogens is 330 g/mol. The van der Waals surface area contributed by atoms with Gasteiger partial charge in [0.05, 0.1) is 0 Å². The molecule has 26 heavy (non-hydrogen) atoms. The Hall–Kier alpha value is -3.15. The van der Waals surface area contributed by atoms with Gasteiger partial charge in [-0.3, -0.25) is 19.8 Å². The van der Waals surface area contributed by atoms with Crippen LogP contribution >= 0.6 is 0 Å². The first-order valence-electron chi connectivity index (χ1n) is 8.31. The third-order valence-corrected chi connectivity index (χ3v) is 4.54. The molecule has 2 aromatic rings. The minimum atomic E-state index is -0.710. The summed E-state index contributed by atoms with van der Waals surface area (Å²) in [6, 6.07) is 7.51. The zero-order valence-corrected chi connectivity index (χ0v) is 15.5. The predicted octanol–water partition coefficient (Wildman–Crippen LogP) is 2.80. The number of urea groups is 1. The summed E-state index contributed by atoms with van der Waals surface area (Å²) in [6.45, 7) is 8.01. The van der Waals surface area contributed by atoms with Gasteiger partial charge in [-0.05, 0) is 68.7 Å². The Morgan fingerprint density at radius 2 is 1.54 bits per heavy atom. The van der Waals surface area contributed by atoms with E-state index in [-0.39, 0.29) is 5.57 Å². The van der Waals surface area contributed by atoms with E-state index in [2.05, 4.69) is 28.1 Å². The lowest BCUT2D eigenvalue weighted by Gasteiger charge is -2.22. The summed E-state index contributed by atoms with van der Waals surface area (Å²) in [4.78, 5) is 36.8. The van der Waals surface area contributed by atoms with Crippen LogP contribution in [0.5, 0.6) is 0 Å². The van der Waals surface area contributed by atoms with Crippen molar-refractivity contribution < 1.29 is 14.4 Å². The van der Waals surface area contributed by atoms with Crippen molar-refractivity contribution in [1.82, 2.24) is 14.8 Å². The molecule has 1 aliphatic heterocycles. The second kappa shape index (κ2) is 6.29. The van der Waals surface area contributed by atoms with E-state index in [4.69, 9.17) is 0 Å². The first-order chi connectivity index (χ1) is 12.2. The lowest BCUT2D eigenvalue weighted by molar-refractivity contribution is -0.129. The maximum Gasteiger partial charge on any atom is 0.331 e. The fourth-order valence-corrected chi connectivity index (χ4v) is 3.31. The van der Waals surface area contributed by atoms with Crippen molar-refractivity contribution in [2.75, 3.05) is 7.05 Å². The number of carbonyl (C=O) groups is 3. The maximum absolute atomic E-state index is 12.3. The Labute approximate surface area is 152 Å². The van der Waals surface area contributed by atoms with Crippen molar-refractivity contribution in [3.8, 4) is 5.69 Å². The number of likely N-dealkylation sites (N-methyl/N-ethyl adjacent to an activating group) is 1. The summed E-state index contributed by atoms with van der Waals surface area (Å²) >= 11 is 0. The summed E-state index contributed by atoms with van der Waals surface area (Å²) in [5, 5.41) is 2.17. The molecule has 1 aromatic carbocycles. The predicted molar refractivity (Wildman–Crippen MR) is 99.0 cm³/mol. The largest absolute Gasteiger partial charge is 0.331 e. The van der Waals surface area contributed by atoms with Crippen molar-refractivity contribution in [3.63, 3.8) is 0 Å². The van der Waals surface area contributed by atoms with Crippen LogP contribution in [0.25, 0.3) is 11.8 Å². The van der Waals surface area contributed by atoms with E-state index in [9.17, 15) is 14.4 Å². The topological polar surface area (TPSA) is 71.4 Å². The van der Waals surface area contributed by atoms with Crippen LogP contribution in [0.15, 0.2) is 29.8 Å². The number of hydrogen-bond donors (Lipinski definition) is 1. The number of aromatic nitrogens is 1. The molecule has 0 bridgehead atoms. The molecule has 1 saturated heterocycles. The van der Waals surface area contributed by atoms with Gasteiger partial charge in [-0.15, -0.1) is 0 Å². The highest BCUT2D eigenvalue weighted by Crippen LogP contribution is 2.25. The molecular formula is C20H21N3O3. The second-order valence-corrected chi connectivity index (χ2v) is 6.69. The normalized spacial score (nSPS) is 16.4. The highest BCUT2D eigenvalue weighted by Gasteiger charge is 2.33. The first-order valence-corrected chi connectivity index (χ1v) is 8.31. The van der Waals surface area contributed by atoms with Crippen molar-refractivity contribution in [2.45, 2.75) is 27.7 Å². The zero-order chi connectivity index (χ0) is 19.2. The monoisotopic (exact) mass is 351 g/mol. The van der Waals surface area contributed by atoms with Crippen LogP contribution in [0.1, 0.15) is 28.1 Å². The summed E-state index contributed by atoms with van der Waals surface area (Å²) in [7, 11) is 1.34. The molecule has 0 aliphatic carbocycles. The molecule has 6 nitrogen and oxygen atoms in total. The van der Waals surface area contributed by atoms with Crippen LogP contribution in [0, 0.1) is 27.7 Å². The number of rotatable bonds is 2. The molecule has 1 N–H and O–H groups in total. The van der Waals surface area contributed by atoms with E-state index in [0.717, 1.165) is 38.7 Å². The van der Waals surface area contributed by atoms with Crippen molar-refractivity contribution in [3.05, 3.63) is 57.9 Å². The lowest BCUT2D eigenvalue weighted by atomic mass is 10.1. The Kier molecular flexibility index (Phi) is 4.28. The van der Waals surface area contributed by atoms with Crippen LogP contribution in [-0.2, 0) is 9.59 Å². The molecule has 1 aliphatic rings. The molecule has 6 heteroatoms. The van der Waals surface area contributed by atoms with E-state index in [1.54, 1.807) is 6.08 Å². The third kappa shape index (κ3) is 2.94.